The number of furan rings is 1. The number of nitrogens with zero attached hydrogens (tertiary/aromatic N) is 2. The topological polar surface area (TPSA) is 42.4 Å². The molecule has 0 N–H and O–H groups in total. The van der Waals surface area contributed by atoms with Gasteiger partial charge in [-0.2, -0.15) is 0 Å². The summed E-state index contributed by atoms with van der Waals surface area (Å²) in [7, 11) is 0. The summed E-state index contributed by atoms with van der Waals surface area (Å²) in [5, 5.41) is 1.98. The smallest absolute Gasteiger partial charge is 0.228 e. The first-order valence-electron chi connectivity index (χ1n) is 13.6. The Kier molecular flexibility index (Phi) is 5.42. The van der Waals surface area contributed by atoms with Crippen LogP contribution >= 0.6 is 0 Å². The summed E-state index contributed by atoms with van der Waals surface area (Å²) >= 11 is 0. The number of rotatable bonds is 5. The molecule has 0 radical (unpaired) electrons. The van der Waals surface area contributed by atoms with Crippen molar-refractivity contribution in [1.82, 2.24) is 4.98 Å². The first kappa shape index (κ1) is 23.3. The maximum Gasteiger partial charge on any atom is 0.228 e. The van der Waals surface area contributed by atoms with Gasteiger partial charge in [-0.3, -0.25) is 0 Å². The third-order valence-corrected chi connectivity index (χ3v) is 7.51. The molecular weight excluding hydrogens is 504 g/mol. The number of fused-ring (bicyclic) bond motifs is 4. The van der Waals surface area contributed by atoms with E-state index in [1.54, 1.807) is 0 Å². The second kappa shape index (κ2) is 9.54. The maximum atomic E-state index is 6.47. The maximum absolute atomic E-state index is 6.47. The van der Waals surface area contributed by atoms with Gasteiger partial charge in [0.05, 0.1) is 16.8 Å². The fourth-order valence-corrected chi connectivity index (χ4v) is 5.72. The molecular formula is C37H24N2O2. The number of aromatic nitrogens is 1. The fourth-order valence-electron chi connectivity index (χ4n) is 5.72. The zero-order chi connectivity index (χ0) is 27.2. The van der Waals surface area contributed by atoms with Crippen LogP contribution in [0, 0.1) is 0 Å². The zero-order valence-electron chi connectivity index (χ0n) is 22.1. The molecule has 0 amide bonds. The molecule has 0 aliphatic rings. The lowest BCUT2D eigenvalue weighted by atomic mass is 10.00. The minimum Gasteiger partial charge on any atom is -0.456 e. The summed E-state index contributed by atoms with van der Waals surface area (Å²) in [6.45, 7) is 0. The van der Waals surface area contributed by atoms with Crippen molar-refractivity contribution in [2.24, 2.45) is 0 Å². The van der Waals surface area contributed by atoms with Crippen LogP contribution in [-0.2, 0) is 0 Å². The van der Waals surface area contributed by atoms with Gasteiger partial charge in [-0.25, -0.2) is 4.98 Å². The molecule has 6 aromatic carbocycles. The highest BCUT2D eigenvalue weighted by atomic mass is 16.3. The largest absolute Gasteiger partial charge is 0.456 e. The van der Waals surface area contributed by atoms with E-state index >= 15 is 0 Å². The first-order valence-corrected chi connectivity index (χ1v) is 13.6. The van der Waals surface area contributed by atoms with Gasteiger partial charge in [0.25, 0.3) is 0 Å². The molecule has 8 aromatic rings. The van der Waals surface area contributed by atoms with Crippen molar-refractivity contribution in [1.29, 1.82) is 0 Å². The number of hydrogen-bond donors (Lipinski definition) is 0. The van der Waals surface area contributed by atoms with Crippen molar-refractivity contribution in [3.8, 4) is 22.6 Å². The Hall–Kier alpha value is -5.61. The van der Waals surface area contributed by atoms with Gasteiger partial charge in [-0.05, 0) is 60.2 Å². The molecule has 41 heavy (non-hydrogen) atoms. The average Bonchev–Trinajstić information content (AvgIpc) is 3.65. The number of hydrogen-bond acceptors (Lipinski definition) is 4. The van der Waals surface area contributed by atoms with Crippen LogP contribution < -0.4 is 4.90 Å². The zero-order valence-corrected chi connectivity index (χ0v) is 22.1. The molecule has 194 valence electrons. The van der Waals surface area contributed by atoms with Gasteiger partial charge in [0.1, 0.15) is 16.7 Å². The van der Waals surface area contributed by atoms with Crippen molar-refractivity contribution in [3.05, 3.63) is 146 Å². The Morgan fingerprint density at radius 1 is 0.439 bits per heavy atom. The molecule has 2 aromatic heterocycles. The fraction of sp³-hybridized carbons (Fsp3) is 0. The summed E-state index contributed by atoms with van der Waals surface area (Å²) in [4.78, 5) is 7.16. The summed E-state index contributed by atoms with van der Waals surface area (Å²) in [6, 6.07) is 49.7. The molecule has 0 aliphatic carbocycles. The normalized spacial score (nSPS) is 11.4. The van der Waals surface area contributed by atoms with E-state index in [4.69, 9.17) is 13.8 Å². The highest BCUT2D eigenvalue weighted by Crippen LogP contribution is 2.47. The number of anilines is 3. The van der Waals surface area contributed by atoms with Crippen molar-refractivity contribution >= 4 is 50.1 Å². The lowest BCUT2D eigenvalue weighted by Gasteiger charge is -2.28. The quantitative estimate of drug-likeness (QED) is 0.223. The van der Waals surface area contributed by atoms with Gasteiger partial charge in [-0.1, -0.05) is 91.0 Å². The highest BCUT2D eigenvalue weighted by molar-refractivity contribution is 6.18. The third kappa shape index (κ3) is 3.88. The lowest BCUT2D eigenvalue weighted by molar-refractivity contribution is 0.620. The molecule has 0 atom stereocenters. The molecule has 0 saturated heterocycles. The van der Waals surface area contributed by atoms with Gasteiger partial charge in [-0.15, -0.1) is 0 Å². The minimum absolute atomic E-state index is 0.574. The van der Waals surface area contributed by atoms with E-state index in [9.17, 15) is 0 Å². The van der Waals surface area contributed by atoms with Crippen molar-refractivity contribution in [2.45, 2.75) is 0 Å². The molecule has 0 unspecified atom stereocenters. The predicted molar refractivity (Wildman–Crippen MR) is 167 cm³/mol. The van der Waals surface area contributed by atoms with E-state index in [2.05, 4.69) is 95.9 Å². The van der Waals surface area contributed by atoms with Gasteiger partial charge >= 0.3 is 0 Å². The minimum atomic E-state index is 0.574. The summed E-state index contributed by atoms with van der Waals surface area (Å²) in [6.07, 6.45) is 0. The monoisotopic (exact) mass is 528 g/mol. The van der Waals surface area contributed by atoms with E-state index in [0.717, 1.165) is 66.8 Å². The lowest BCUT2D eigenvalue weighted by Crippen LogP contribution is -2.11. The van der Waals surface area contributed by atoms with Gasteiger partial charge in [0, 0.05) is 22.2 Å². The van der Waals surface area contributed by atoms with Crippen LogP contribution in [0.4, 0.5) is 17.1 Å². The van der Waals surface area contributed by atoms with Crippen LogP contribution in [0.25, 0.3) is 55.6 Å². The molecule has 0 saturated carbocycles. The van der Waals surface area contributed by atoms with Gasteiger partial charge < -0.3 is 13.7 Å². The van der Waals surface area contributed by atoms with Crippen molar-refractivity contribution in [2.75, 3.05) is 4.90 Å². The Morgan fingerprint density at radius 2 is 1.05 bits per heavy atom. The molecule has 4 nitrogen and oxygen atoms in total. The van der Waals surface area contributed by atoms with Crippen LogP contribution in [0.2, 0.25) is 0 Å². The standard InChI is InChI=1S/C37H24N2O2/c1-3-13-25(14-4-1)27-17-7-9-20-30(27)39(26-15-5-2-6-16-26)31-21-12-24-34-36(31)35-28(18-11-23-33(35)40-34)37-38-29-19-8-10-22-32(29)41-37/h1-24H. The Morgan fingerprint density at radius 3 is 1.88 bits per heavy atom. The van der Waals surface area contributed by atoms with E-state index in [1.165, 1.54) is 0 Å². The van der Waals surface area contributed by atoms with Crippen LogP contribution in [0.5, 0.6) is 0 Å². The van der Waals surface area contributed by atoms with Gasteiger partial charge in [0.2, 0.25) is 5.89 Å². The SMILES string of the molecule is c1ccc(-c2ccccc2N(c2ccccc2)c2cccc3oc4cccc(-c5nc6ccccc6o5)c4c23)cc1. The Labute approximate surface area is 236 Å². The van der Waals surface area contributed by atoms with Gasteiger partial charge in [0.15, 0.2) is 5.58 Å². The summed E-state index contributed by atoms with van der Waals surface area (Å²) < 4.78 is 12.7. The third-order valence-electron chi connectivity index (χ3n) is 7.51. The number of oxazole rings is 1. The van der Waals surface area contributed by atoms with Crippen LogP contribution in [0.1, 0.15) is 0 Å². The van der Waals surface area contributed by atoms with Crippen LogP contribution in [0.15, 0.2) is 154 Å². The molecule has 4 heteroatoms. The summed E-state index contributed by atoms with van der Waals surface area (Å²) in [5.74, 6) is 0.574. The van der Waals surface area contributed by atoms with Crippen LogP contribution in [0.3, 0.4) is 0 Å². The molecule has 0 aliphatic heterocycles. The second-order valence-corrected chi connectivity index (χ2v) is 9.97. The molecule has 0 bridgehead atoms. The molecule has 8 rings (SSSR count). The Balaban J connectivity index is 1.44. The molecule has 0 fully saturated rings. The van der Waals surface area contributed by atoms with E-state index in [-0.39, 0.29) is 0 Å². The number of para-hydroxylation sites is 4. The number of benzene rings is 6. The van der Waals surface area contributed by atoms with E-state index in [0.29, 0.717) is 5.89 Å². The molecule has 2 heterocycles. The predicted octanol–water partition coefficient (Wildman–Crippen LogP) is 10.5. The summed E-state index contributed by atoms with van der Waals surface area (Å²) in [5.41, 5.74) is 9.51. The van der Waals surface area contributed by atoms with E-state index in [1.807, 2.05) is 54.6 Å². The van der Waals surface area contributed by atoms with Crippen molar-refractivity contribution in [3.63, 3.8) is 0 Å². The van der Waals surface area contributed by atoms with Crippen molar-refractivity contribution < 1.29 is 8.83 Å². The van der Waals surface area contributed by atoms with Crippen LogP contribution in [-0.4, -0.2) is 4.98 Å². The highest BCUT2D eigenvalue weighted by Gasteiger charge is 2.24. The molecule has 0 spiro atoms. The second-order valence-electron chi connectivity index (χ2n) is 9.97. The Bertz CT molecular complexity index is 2130. The first-order chi connectivity index (χ1) is 20.3. The average molecular weight is 529 g/mol. The van der Waals surface area contributed by atoms with E-state index < -0.39 is 0 Å².